The summed E-state index contributed by atoms with van der Waals surface area (Å²) in [6.45, 7) is 0.606. The molecule has 7 heteroatoms. The van der Waals surface area contributed by atoms with Crippen LogP contribution in [0.1, 0.15) is 5.69 Å². The summed E-state index contributed by atoms with van der Waals surface area (Å²) < 4.78 is 0. The quantitative estimate of drug-likeness (QED) is 0.671. The topological polar surface area (TPSA) is 86.7 Å². The number of hydrogen-bond acceptors (Lipinski definition) is 6. The molecule has 3 rings (SSSR count). The van der Waals surface area contributed by atoms with Gasteiger partial charge in [0.15, 0.2) is 5.16 Å². The molecule has 6 nitrogen and oxygen atoms in total. The lowest BCUT2D eigenvalue weighted by Crippen LogP contribution is -2.00. The minimum absolute atomic E-state index is 0.174. The summed E-state index contributed by atoms with van der Waals surface area (Å²) >= 11 is 1.52. The normalized spacial score (nSPS) is 10.5. The van der Waals surface area contributed by atoms with Crippen LogP contribution in [0.4, 0.5) is 5.69 Å². The number of benzene rings is 1. The zero-order valence-electron chi connectivity index (χ0n) is 11.0. The summed E-state index contributed by atoms with van der Waals surface area (Å²) in [5, 5.41) is 19.8. The number of hydrogen-bond donors (Lipinski definition) is 3. The first-order valence-corrected chi connectivity index (χ1v) is 7.12. The minimum Gasteiger partial charge on any atom is -0.506 e. The Hall–Kier alpha value is -2.54. The summed E-state index contributed by atoms with van der Waals surface area (Å²) in [4.78, 5) is 9.28. The Morgan fingerprint density at radius 3 is 2.62 bits per heavy atom. The molecule has 0 spiro atoms. The van der Waals surface area contributed by atoms with Gasteiger partial charge in [-0.15, -0.1) is 0 Å². The van der Waals surface area contributed by atoms with Crippen LogP contribution in [-0.4, -0.2) is 25.3 Å². The number of nitrogens with zero attached hydrogens (tertiary/aromatic N) is 3. The molecule has 3 aromatic rings. The highest BCUT2D eigenvalue weighted by Gasteiger charge is 2.00. The number of aromatic nitrogens is 4. The van der Waals surface area contributed by atoms with Crippen LogP contribution >= 0.6 is 11.8 Å². The van der Waals surface area contributed by atoms with Gasteiger partial charge in [-0.3, -0.25) is 10.1 Å². The van der Waals surface area contributed by atoms with E-state index in [9.17, 15) is 5.11 Å². The van der Waals surface area contributed by atoms with Gasteiger partial charge in [0.25, 0.3) is 0 Å². The van der Waals surface area contributed by atoms with Gasteiger partial charge in [0.1, 0.15) is 12.1 Å². The van der Waals surface area contributed by atoms with E-state index in [0.717, 1.165) is 21.4 Å². The molecule has 2 heterocycles. The fourth-order valence-corrected chi connectivity index (χ4v) is 2.40. The average molecular weight is 299 g/mol. The van der Waals surface area contributed by atoms with Gasteiger partial charge >= 0.3 is 0 Å². The predicted octanol–water partition coefficient (Wildman–Crippen LogP) is 2.67. The van der Waals surface area contributed by atoms with Crippen molar-refractivity contribution in [1.82, 2.24) is 20.2 Å². The van der Waals surface area contributed by atoms with E-state index in [-0.39, 0.29) is 5.75 Å². The van der Waals surface area contributed by atoms with Crippen molar-refractivity contribution < 1.29 is 5.11 Å². The number of rotatable bonds is 5. The third kappa shape index (κ3) is 3.73. The molecular weight excluding hydrogens is 286 g/mol. The van der Waals surface area contributed by atoms with Crippen LogP contribution in [0.15, 0.2) is 59.0 Å². The number of pyridine rings is 1. The lowest BCUT2D eigenvalue weighted by Gasteiger charge is -2.06. The van der Waals surface area contributed by atoms with Crippen LogP contribution < -0.4 is 5.32 Å². The predicted molar refractivity (Wildman–Crippen MR) is 80.2 cm³/mol. The SMILES string of the molecule is Oc1ccc(CNc2ccc(Sc3ncn[nH]3)cc2)nc1. The molecule has 106 valence electrons. The maximum absolute atomic E-state index is 9.18. The second-order valence-electron chi connectivity index (χ2n) is 4.28. The Morgan fingerprint density at radius 1 is 1.10 bits per heavy atom. The molecule has 3 N–H and O–H groups in total. The van der Waals surface area contributed by atoms with Crippen molar-refractivity contribution in [2.75, 3.05) is 5.32 Å². The van der Waals surface area contributed by atoms with Crippen molar-refractivity contribution in [3.63, 3.8) is 0 Å². The van der Waals surface area contributed by atoms with E-state index >= 15 is 0 Å². The summed E-state index contributed by atoms with van der Waals surface area (Å²) in [5.74, 6) is 0.174. The van der Waals surface area contributed by atoms with Crippen LogP contribution in [0, 0.1) is 0 Å². The van der Waals surface area contributed by atoms with Crippen molar-refractivity contribution in [2.24, 2.45) is 0 Å². The van der Waals surface area contributed by atoms with Crippen molar-refractivity contribution in [3.8, 4) is 5.75 Å². The van der Waals surface area contributed by atoms with Gasteiger partial charge in [-0.25, -0.2) is 4.98 Å². The lowest BCUT2D eigenvalue weighted by atomic mass is 10.3. The van der Waals surface area contributed by atoms with Crippen molar-refractivity contribution >= 4 is 17.4 Å². The molecule has 0 saturated carbocycles. The fourth-order valence-electron chi connectivity index (χ4n) is 1.71. The average Bonchev–Trinajstić information content (AvgIpc) is 3.01. The van der Waals surface area contributed by atoms with Gasteiger partial charge in [0, 0.05) is 10.6 Å². The first-order valence-electron chi connectivity index (χ1n) is 6.31. The second-order valence-corrected chi connectivity index (χ2v) is 5.34. The highest BCUT2D eigenvalue weighted by atomic mass is 32.2. The molecule has 21 heavy (non-hydrogen) atoms. The summed E-state index contributed by atoms with van der Waals surface area (Å²) in [5.41, 5.74) is 1.87. The van der Waals surface area contributed by atoms with Gasteiger partial charge in [-0.1, -0.05) is 11.8 Å². The van der Waals surface area contributed by atoms with Crippen LogP contribution in [0.2, 0.25) is 0 Å². The van der Waals surface area contributed by atoms with E-state index in [1.165, 1.54) is 24.3 Å². The van der Waals surface area contributed by atoms with Gasteiger partial charge in [-0.2, -0.15) is 5.10 Å². The summed E-state index contributed by atoms with van der Waals surface area (Å²) in [7, 11) is 0. The Balaban J connectivity index is 1.58. The molecular formula is C14H13N5OS. The molecule has 0 atom stereocenters. The minimum atomic E-state index is 0.174. The molecule has 0 unspecified atom stereocenters. The number of anilines is 1. The van der Waals surface area contributed by atoms with Gasteiger partial charge in [-0.05, 0) is 36.4 Å². The van der Waals surface area contributed by atoms with E-state index in [1.807, 2.05) is 24.3 Å². The number of aromatic hydroxyl groups is 1. The van der Waals surface area contributed by atoms with Crippen LogP contribution in [0.25, 0.3) is 0 Å². The molecule has 0 saturated heterocycles. The van der Waals surface area contributed by atoms with E-state index in [2.05, 4.69) is 25.5 Å². The Labute approximate surface area is 125 Å². The van der Waals surface area contributed by atoms with Crippen LogP contribution in [0.5, 0.6) is 5.75 Å². The molecule has 0 radical (unpaired) electrons. The Morgan fingerprint density at radius 2 is 1.95 bits per heavy atom. The maximum atomic E-state index is 9.18. The first kappa shape index (κ1) is 13.4. The molecule has 1 aromatic carbocycles. The molecule has 0 amide bonds. The maximum Gasteiger partial charge on any atom is 0.188 e. The van der Waals surface area contributed by atoms with Crippen LogP contribution in [-0.2, 0) is 6.54 Å². The highest BCUT2D eigenvalue weighted by molar-refractivity contribution is 7.99. The lowest BCUT2D eigenvalue weighted by molar-refractivity contribution is 0.472. The third-order valence-corrected chi connectivity index (χ3v) is 3.64. The van der Waals surface area contributed by atoms with Crippen molar-refractivity contribution in [2.45, 2.75) is 16.6 Å². The van der Waals surface area contributed by atoms with Crippen LogP contribution in [0.3, 0.4) is 0 Å². The molecule has 0 bridgehead atoms. The Bertz CT molecular complexity index is 682. The molecule has 0 fully saturated rings. The zero-order valence-corrected chi connectivity index (χ0v) is 11.8. The monoisotopic (exact) mass is 299 g/mol. The number of aromatic amines is 1. The van der Waals surface area contributed by atoms with Gasteiger partial charge in [0.2, 0.25) is 0 Å². The first-order chi connectivity index (χ1) is 10.3. The summed E-state index contributed by atoms with van der Waals surface area (Å²) in [6.07, 6.45) is 2.93. The van der Waals surface area contributed by atoms with E-state index in [0.29, 0.717) is 6.54 Å². The molecule has 0 aliphatic carbocycles. The third-order valence-electron chi connectivity index (χ3n) is 2.74. The van der Waals surface area contributed by atoms with E-state index in [1.54, 1.807) is 12.1 Å². The van der Waals surface area contributed by atoms with Crippen molar-refractivity contribution in [3.05, 3.63) is 54.6 Å². The fraction of sp³-hybridized carbons (Fsp3) is 0.0714. The zero-order chi connectivity index (χ0) is 14.5. The van der Waals surface area contributed by atoms with E-state index in [4.69, 9.17) is 0 Å². The highest BCUT2D eigenvalue weighted by Crippen LogP contribution is 2.25. The van der Waals surface area contributed by atoms with Gasteiger partial charge in [0.05, 0.1) is 18.4 Å². The van der Waals surface area contributed by atoms with Crippen molar-refractivity contribution in [1.29, 1.82) is 0 Å². The Kier molecular flexibility index (Phi) is 4.02. The summed E-state index contributed by atoms with van der Waals surface area (Å²) in [6, 6.07) is 11.4. The standard InChI is InChI=1S/C14H13N5OS/c20-12-4-1-11(16-8-12)7-15-10-2-5-13(6-3-10)21-14-17-9-18-19-14/h1-6,8-9,15,20H,7H2,(H,17,18,19). The smallest absolute Gasteiger partial charge is 0.188 e. The molecule has 0 aliphatic rings. The number of nitrogens with one attached hydrogen (secondary N) is 2. The van der Waals surface area contributed by atoms with Gasteiger partial charge < -0.3 is 10.4 Å². The van der Waals surface area contributed by atoms with E-state index < -0.39 is 0 Å². The second kappa shape index (κ2) is 6.27. The molecule has 0 aliphatic heterocycles. The molecule has 2 aromatic heterocycles. The number of H-pyrrole nitrogens is 1. The largest absolute Gasteiger partial charge is 0.506 e.